The van der Waals surface area contributed by atoms with Crippen molar-refractivity contribution in [1.29, 1.82) is 0 Å². The molecule has 0 spiro atoms. The van der Waals surface area contributed by atoms with Crippen molar-refractivity contribution in [2.45, 2.75) is 26.7 Å². The van der Waals surface area contributed by atoms with Crippen LogP contribution in [-0.4, -0.2) is 26.6 Å². The number of rotatable bonds is 6. The van der Waals surface area contributed by atoms with Gasteiger partial charge in [-0.3, -0.25) is 0 Å². The van der Waals surface area contributed by atoms with E-state index in [1.165, 1.54) is 0 Å². The molecule has 1 fully saturated rings. The summed E-state index contributed by atoms with van der Waals surface area (Å²) in [5.41, 5.74) is 0.0611. The highest BCUT2D eigenvalue weighted by atomic mass is 35.5. The van der Waals surface area contributed by atoms with E-state index in [4.69, 9.17) is 11.6 Å². The Kier molecular flexibility index (Phi) is 3.83. The molecule has 1 N–H and O–H groups in total. The zero-order valence-electron chi connectivity index (χ0n) is 8.72. The van der Waals surface area contributed by atoms with E-state index < -0.39 is 10.0 Å². The second kappa shape index (κ2) is 4.37. The lowest BCUT2D eigenvalue weighted by atomic mass is 10.1. The number of halogens is 1. The summed E-state index contributed by atoms with van der Waals surface area (Å²) in [6.45, 7) is 4.30. The molecular formula is C9H18ClNO2S. The van der Waals surface area contributed by atoms with Crippen molar-refractivity contribution in [2.75, 3.05) is 18.2 Å². The van der Waals surface area contributed by atoms with Crippen LogP contribution in [0.2, 0.25) is 0 Å². The quantitative estimate of drug-likeness (QED) is 0.716. The lowest BCUT2D eigenvalue weighted by Crippen LogP contribution is -2.34. The molecule has 0 aromatic heterocycles. The minimum Gasteiger partial charge on any atom is -0.215 e. The molecule has 0 unspecified atom stereocenters. The van der Waals surface area contributed by atoms with Gasteiger partial charge in [-0.2, -0.15) is 0 Å². The fraction of sp³-hybridized carbons (Fsp3) is 1.00. The molecule has 1 saturated carbocycles. The van der Waals surface area contributed by atoms with Gasteiger partial charge in [-0.05, 0) is 24.2 Å². The van der Waals surface area contributed by atoms with Crippen LogP contribution in [0, 0.1) is 11.3 Å². The molecule has 5 heteroatoms. The highest BCUT2D eigenvalue weighted by Gasteiger charge is 2.42. The Morgan fingerprint density at radius 1 is 1.43 bits per heavy atom. The number of alkyl halides is 1. The van der Waals surface area contributed by atoms with Gasteiger partial charge in [-0.15, -0.1) is 11.6 Å². The van der Waals surface area contributed by atoms with Gasteiger partial charge in [0, 0.05) is 12.4 Å². The van der Waals surface area contributed by atoms with E-state index in [9.17, 15) is 8.42 Å². The Labute approximate surface area is 91.3 Å². The molecule has 1 rings (SSSR count). The molecule has 84 valence electrons. The van der Waals surface area contributed by atoms with Crippen molar-refractivity contribution in [3.8, 4) is 0 Å². The third-order valence-corrected chi connectivity index (χ3v) is 4.72. The summed E-state index contributed by atoms with van der Waals surface area (Å²) < 4.78 is 25.6. The molecule has 0 radical (unpaired) electrons. The topological polar surface area (TPSA) is 46.2 Å². The molecule has 0 bridgehead atoms. The fourth-order valence-electron chi connectivity index (χ4n) is 1.30. The summed E-state index contributed by atoms with van der Waals surface area (Å²) in [5, 5.41) is 0. The Balaban J connectivity index is 2.37. The van der Waals surface area contributed by atoms with Gasteiger partial charge < -0.3 is 0 Å². The first kappa shape index (κ1) is 12.3. The van der Waals surface area contributed by atoms with E-state index >= 15 is 0 Å². The summed E-state index contributed by atoms with van der Waals surface area (Å²) in [6, 6.07) is 0. The number of hydrogen-bond donors (Lipinski definition) is 1. The maximum absolute atomic E-state index is 11.5. The van der Waals surface area contributed by atoms with Crippen molar-refractivity contribution in [2.24, 2.45) is 11.3 Å². The average molecular weight is 240 g/mol. The lowest BCUT2D eigenvalue weighted by molar-refractivity contribution is 0.528. The molecule has 0 heterocycles. The van der Waals surface area contributed by atoms with Gasteiger partial charge in [0.2, 0.25) is 10.0 Å². The molecule has 3 nitrogen and oxygen atoms in total. The molecule has 0 aromatic carbocycles. The SMILES string of the molecule is CC(C)CS(=O)(=O)NCC1(CCl)CC1. The predicted molar refractivity (Wildman–Crippen MR) is 59.0 cm³/mol. The van der Waals surface area contributed by atoms with Crippen molar-refractivity contribution >= 4 is 21.6 Å². The molecule has 1 aliphatic carbocycles. The third-order valence-electron chi connectivity index (χ3n) is 2.46. The molecule has 0 amide bonds. The maximum atomic E-state index is 11.5. The number of hydrogen-bond acceptors (Lipinski definition) is 2. The van der Waals surface area contributed by atoms with Crippen LogP contribution in [0.25, 0.3) is 0 Å². The van der Waals surface area contributed by atoms with E-state index in [-0.39, 0.29) is 17.1 Å². The first-order valence-corrected chi connectivity index (χ1v) is 7.11. The van der Waals surface area contributed by atoms with E-state index in [1.807, 2.05) is 13.8 Å². The molecule has 0 aliphatic heterocycles. The fourth-order valence-corrected chi connectivity index (χ4v) is 3.18. The maximum Gasteiger partial charge on any atom is 0.211 e. The lowest BCUT2D eigenvalue weighted by Gasteiger charge is -2.13. The average Bonchev–Trinajstić information content (AvgIpc) is 2.79. The minimum absolute atomic E-state index is 0.0611. The highest BCUT2D eigenvalue weighted by molar-refractivity contribution is 7.89. The normalized spacial score (nSPS) is 20.0. The Bertz CT molecular complexity index is 283. The van der Waals surface area contributed by atoms with E-state index in [0.717, 1.165) is 12.8 Å². The molecule has 0 atom stereocenters. The standard InChI is InChI=1S/C9H18ClNO2S/c1-8(2)5-14(12,13)11-7-9(6-10)3-4-9/h8,11H,3-7H2,1-2H3. The van der Waals surface area contributed by atoms with Gasteiger partial charge >= 0.3 is 0 Å². The first-order valence-electron chi connectivity index (χ1n) is 4.92. The first-order chi connectivity index (χ1) is 6.39. The molecule has 0 saturated heterocycles. The third kappa shape index (κ3) is 3.75. The van der Waals surface area contributed by atoms with Crippen LogP contribution in [-0.2, 0) is 10.0 Å². The molecule has 14 heavy (non-hydrogen) atoms. The van der Waals surface area contributed by atoms with E-state index in [1.54, 1.807) is 0 Å². The van der Waals surface area contributed by atoms with Crippen molar-refractivity contribution in [3.05, 3.63) is 0 Å². The van der Waals surface area contributed by atoms with E-state index in [0.29, 0.717) is 12.4 Å². The predicted octanol–water partition coefficient (Wildman–Crippen LogP) is 1.58. The van der Waals surface area contributed by atoms with Crippen LogP contribution in [0.15, 0.2) is 0 Å². The number of nitrogens with one attached hydrogen (secondary N) is 1. The summed E-state index contributed by atoms with van der Waals surface area (Å²) in [6.07, 6.45) is 2.08. The van der Waals surface area contributed by atoms with Gasteiger partial charge in [0.25, 0.3) is 0 Å². The van der Waals surface area contributed by atoms with Gasteiger partial charge in [-0.25, -0.2) is 13.1 Å². The van der Waals surface area contributed by atoms with Crippen LogP contribution < -0.4 is 4.72 Å². The zero-order valence-corrected chi connectivity index (χ0v) is 10.3. The van der Waals surface area contributed by atoms with Crippen molar-refractivity contribution in [1.82, 2.24) is 4.72 Å². The summed E-state index contributed by atoms with van der Waals surface area (Å²) in [4.78, 5) is 0. The smallest absolute Gasteiger partial charge is 0.211 e. The monoisotopic (exact) mass is 239 g/mol. The Morgan fingerprint density at radius 2 is 2.00 bits per heavy atom. The second-order valence-electron chi connectivity index (χ2n) is 4.63. The Hall–Kier alpha value is 0.200. The van der Waals surface area contributed by atoms with Gasteiger partial charge in [0.15, 0.2) is 0 Å². The van der Waals surface area contributed by atoms with E-state index in [2.05, 4.69) is 4.72 Å². The van der Waals surface area contributed by atoms with Crippen LogP contribution in [0.4, 0.5) is 0 Å². The summed E-state index contributed by atoms with van der Waals surface area (Å²) in [5.74, 6) is 0.918. The molecular weight excluding hydrogens is 222 g/mol. The van der Waals surface area contributed by atoms with Gasteiger partial charge in [0.05, 0.1) is 5.75 Å². The second-order valence-corrected chi connectivity index (χ2v) is 6.75. The largest absolute Gasteiger partial charge is 0.215 e. The minimum atomic E-state index is -3.09. The van der Waals surface area contributed by atoms with Gasteiger partial charge in [-0.1, -0.05) is 13.8 Å². The zero-order chi connectivity index (χ0) is 10.8. The molecule has 0 aromatic rings. The Morgan fingerprint density at radius 3 is 2.36 bits per heavy atom. The summed E-state index contributed by atoms with van der Waals surface area (Å²) in [7, 11) is -3.09. The van der Waals surface area contributed by atoms with Crippen molar-refractivity contribution in [3.63, 3.8) is 0 Å². The van der Waals surface area contributed by atoms with Crippen molar-refractivity contribution < 1.29 is 8.42 Å². The van der Waals surface area contributed by atoms with Crippen LogP contribution in [0.5, 0.6) is 0 Å². The summed E-state index contributed by atoms with van der Waals surface area (Å²) >= 11 is 5.76. The van der Waals surface area contributed by atoms with Gasteiger partial charge in [0.1, 0.15) is 0 Å². The highest BCUT2D eigenvalue weighted by Crippen LogP contribution is 2.45. The van der Waals surface area contributed by atoms with Crippen LogP contribution in [0.3, 0.4) is 0 Å². The molecule has 1 aliphatic rings. The number of sulfonamides is 1. The van der Waals surface area contributed by atoms with Crippen LogP contribution in [0.1, 0.15) is 26.7 Å². The van der Waals surface area contributed by atoms with Crippen LogP contribution >= 0.6 is 11.6 Å².